The molecular formula is C21H19BrFN3O3. The predicted octanol–water partition coefficient (Wildman–Crippen LogP) is 4.27. The smallest absolute Gasteiger partial charge is 0.244 e. The Hall–Kier alpha value is -3.00. The maximum atomic E-state index is 13.0. The summed E-state index contributed by atoms with van der Waals surface area (Å²) in [6, 6.07) is 13.1. The first-order valence-electron chi connectivity index (χ1n) is 8.91. The Labute approximate surface area is 175 Å². The van der Waals surface area contributed by atoms with Crippen LogP contribution < -0.4 is 5.32 Å². The van der Waals surface area contributed by atoms with E-state index in [9.17, 15) is 14.0 Å². The second kappa shape index (κ2) is 9.47. The average molecular weight is 460 g/mol. The Morgan fingerprint density at radius 1 is 1.17 bits per heavy atom. The van der Waals surface area contributed by atoms with Crippen molar-refractivity contribution in [3.8, 4) is 11.3 Å². The highest BCUT2D eigenvalue weighted by Gasteiger charge is 2.15. The van der Waals surface area contributed by atoms with Gasteiger partial charge in [0.15, 0.2) is 11.7 Å². The van der Waals surface area contributed by atoms with Gasteiger partial charge in [-0.15, -0.1) is 0 Å². The van der Waals surface area contributed by atoms with Crippen molar-refractivity contribution in [1.29, 1.82) is 0 Å². The standard InChI is InChI=1S/C21H19BrFN3O3/c1-26(13-19(27)25-17-5-3-2-4-16(17)22)21(28)11-10-20-24-12-18(29-20)14-6-8-15(23)9-7-14/h2-9,12H,10-11,13H2,1H3,(H,25,27). The molecule has 29 heavy (non-hydrogen) atoms. The molecular weight excluding hydrogens is 441 g/mol. The van der Waals surface area contributed by atoms with Crippen LogP contribution in [-0.2, 0) is 16.0 Å². The van der Waals surface area contributed by atoms with Crippen molar-refractivity contribution in [3.05, 3.63) is 70.9 Å². The molecule has 0 spiro atoms. The largest absolute Gasteiger partial charge is 0.441 e. The number of halogens is 2. The summed E-state index contributed by atoms with van der Waals surface area (Å²) in [5.74, 6) is 0.0967. The molecule has 150 valence electrons. The van der Waals surface area contributed by atoms with Gasteiger partial charge in [-0.3, -0.25) is 9.59 Å². The molecule has 2 amide bonds. The Kier molecular flexibility index (Phi) is 6.77. The second-order valence-electron chi connectivity index (χ2n) is 6.40. The van der Waals surface area contributed by atoms with E-state index in [1.165, 1.54) is 17.0 Å². The molecule has 0 saturated heterocycles. The number of likely N-dealkylation sites (N-methyl/N-ethyl adjacent to an activating group) is 1. The number of anilines is 1. The van der Waals surface area contributed by atoms with Gasteiger partial charge in [0.25, 0.3) is 0 Å². The predicted molar refractivity (Wildman–Crippen MR) is 111 cm³/mol. The third-order valence-corrected chi connectivity index (χ3v) is 4.88. The summed E-state index contributed by atoms with van der Waals surface area (Å²) in [6.07, 6.45) is 2.00. The minimum Gasteiger partial charge on any atom is -0.441 e. The molecule has 6 nitrogen and oxygen atoms in total. The van der Waals surface area contributed by atoms with Crippen LogP contribution in [0.3, 0.4) is 0 Å². The van der Waals surface area contributed by atoms with Gasteiger partial charge in [-0.05, 0) is 52.3 Å². The lowest BCUT2D eigenvalue weighted by Crippen LogP contribution is -2.35. The SMILES string of the molecule is CN(CC(=O)Nc1ccccc1Br)C(=O)CCc1ncc(-c2ccc(F)cc2)o1. The van der Waals surface area contributed by atoms with Crippen LogP contribution in [0.25, 0.3) is 11.3 Å². The molecule has 0 aliphatic rings. The molecule has 3 aromatic rings. The minimum atomic E-state index is -0.328. The molecule has 0 aliphatic carbocycles. The fraction of sp³-hybridized carbons (Fsp3) is 0.190. The highest BCUT2D eigenvalue weighted by atomic mass is 79.9. The van der Waals surface area contributed by atoms with E-state index in [0.29, 0.717) is 29.3 Å². The van der Waals surface area contributed by atoms with Crippen LogP contribution in [-0.4, -0.2) is 35.3 Å². The van der Waals surface area contributed by atoms with Crippen LogP contribution in [0, 0.1) is 5.82 Å². The van der Waals surface area contributed by atoms with Crippen LogP contribution in [0.1, 0.15) is 12.3 Å². The van der Waals surface area contributed by atoms with E-state index in [0.717, 1.165) is 4.47 Å². The number of carbonyl (C=O) groups excluding carboxylic acids is 2. The normalized spacial score (nSPS) is 10.6. The van der Waals surface area contributed by atoms with Crippen LogP contribution >= 0.6 is 15.9 Å². The molecule has 0 fully saturated rings. The number of aromatic nitrogens is 1. The van der Waals surface area contributed by atoms with Gasteiger partial charge in [-0.1, -0.05) is 12.1 Å². The monoisotopic (exact) mass is 459 g/mol. The number of nitrogens with zero attached hydrogens (tertiary/aromatic N) is 2. The summed E-state index contributed by atoms with van der Waals surface area (Å²) in [4.78, 5) is 30.0. The van der Waals surface area contributed by atoms with Gasteiger partial charge in [-0.25, -0.2) is 9.37 Å². The zero-order chi connectivity index (χ0) is 20.8. The topological polar surface area (TPSA) is 75.4 Å². The van der Waals surface area contributed by atoms with E-state index in [2.05, 4.69) is 26.2 Å². The molecule has 1 aromatic heterocycles. The van der Waals surface area contributed by atoms with Crippen LogP contribution in [0.2, 0.25) is 0 Å². The number of carbonyl (C=O) groups is 2. The maximum Gasteiger partial charge on any atom is 0.244 e. The Balaban J connectivity index is 1.49. The molecule has 0 atom stereocenters. The van der Waals surface area contributed by atoms with Crippen molar-refractivity contribution in [2.75, 3.05) is 18.9 Å². The average Bonchev–Trinajstić information content (AvgIpc) is 3.17. The molecule has 0 unspecified atom stereocenters. The van der Waals surface area contributed by atoms with Gasteiger partial charge >= 0.3 is 0 Å². The summed E-state index contributed by atoms with van der Waals surface area (Å²) < 4.78 is 19.4. The van der Waals surface area contributed by atoms with E-state index in [1.807, 2.05) is 18.2 Å². The summed E-state index contributed by atoms with van der Waals surface area (Å²) in [7, 11) is 1.57. The number of rotatable bonds is 7. The lowest BCUT2D eigenvalue weighted by Gasteiger charge is -2.16. The lowest BCUT2D eigenvalue weighted by atomic mass is 10.2. The van der Waals surface area contributed by atoms with Crippen molar-refractivity contribution in [2.45, 2.75) is 12.8 Å². The summed E-state index contributed by atoms with van der Waals surface area (Å²) in [5, 5.41) is 2.76. The number of nitrogens with one attached hydrogen (secondary N) is 1. The molecule has 2 aromatic carbocycles. The Morgan fingerprint density at radius 3 is 2.62 bits per heavy atom. The van der Waals surface area contributed by atoms with Gasteiger partial charge in [0.05, 0.1) is 18.4 Å². The zero-order valence-corrected chi connectivity index (χ0v) is 17.3. The van der Waals surface area contributed by atoms with Crippen molar-refractivity contribution >= 4 is 33.4 Å². The molecule has 0 radical (unpaired) electrons. The molecule has 3 rings (SSSR count). The van der Waals surface area contributed by atoms with Crippen molar-refractivity contribution in [2.24, 2.45) is 0 Å². The van der Waals surface area contributed by atoms with Gasteiger partial charge in [0.2, 0.25) is 11.8 Å². The molecule has 8 heteroatoms. The quantitative estimate of drug-likeness (QED) is 0.572. The third-order valence-electron chi connectivity index (χ3n) is 4.19. The van der Waals surface area contributed by atoms with Crippen molar-refractivity contribution < 1.29 is 18.4 Å². The molecule has 1 N–H and O–H groups in total. The first kappa shape index (κ1) is 20.7. The van der Waals surface area contributed by atoms with E-state index in [4.69, 9.17) is 4.42 Å². The summed E-state index contributed by atoms with van der Waals surface area (Å²) in [6.45, 7) is -0.0629. The Bertz CT molecular complexity index is 1000. The molecule has 0 saturated carbocycles. The number of hydrogen-bond acceptors (Lipinski definition) is 4. The molecule has 0 aliphatic heterocycles. The van der Waals surface area contributed by atoms with E-state index in [-0.39, 0.29) is 30.6 Å². The fourth-order valence-electron chi connectivity index (χ4n) is 2.63. The molecule has 1 heterocycles. The van der Waals surface area contributed by atoms with Crippen LogP contribution in [0.4, 0.5) is 10.1 Å². The number of aryl methyl sites for hydroxylation is 1. The number of hydrogen-bond donors (Lipinski definition) is 1. The van der Waals surface area contributed by atoms with Gasteiger partial charge < -0.3 is 14.6 Å². The third kappa shape index (κ3) is 5.74. The minimum absolute atomic E-state index is 0.0629. The number of oxazole rings is 1. The highest BCUT2D eigenvalue weighted by Crippen LogP contribution is 2.22. The van der Waals surface area contributed by atoms with Crippen molar-refractivity contribution in [3.63, 3.8) is 0 Å². The van der Waals surface area contributed by atoms with Gasteiger partial charge in [0.1, 0.15) is 5.82 Å². The number of para-hydroxylation sites is 1. The van der Waals surface area contributed by atoms with Crippen LogP contribution in [0.5, 0.6) is 0 Å². The first-order valence-corrected chi connectivity index (χ1v) is 9.70. The summed E-state index contributed by atoms with van der Waals surface area (Å²) in [5.41, 5.74) is 1.35. The van der Waals surface area contributed by atoms with E-state index < -0.39 is 0 Å². The van der Waals surface area contributed by atoms with E-state index >= 15 is 0 Å². The molecule has 0 bridgehead atoms. The van der Waals surface area contributed by atoms with Crippen molar-refractivity contribution in [1.82, 2.24) is 9.88 Å². The van der Waals surface area contributed by atoms with Gasteiger partial charge in [-0.2, -0.15) is 0 Å². The second-order valence-corrected chi connectivity index (χ2v) is 7.26. The zero-order valence-electron chi connectivity index (χ0n) is 15.7. The number of amides is 2. The van der Waals surface area contributed by atoms with Crippen LogP contribution in [0.15, 0.2) is 63.6 Å². The highest BCUT2D eigenvalue weighted by molar-refractivity contribution is 9.10. The fourth-order valence-corrected chi connectivity index (χ4v) is 3.02. The summed E-state index contributed by atoms with van der Waals surface area (Å²) >= 11 is 3.36. The number of benzene rings is 2. The first-order chi connectivity index (χ1) is 13.9. The van der Waals surface area contributed by atoms with E-state index in [1.54, 1.807) is 31.4 Å². The Morgan fingerprint density at radius 2 is 1.90 bits per heavy atom. The van der Waals surface area contributed by atoms with Gasteiger partial charge in [0, 0.05) is 29.9 Å². The maximum absolute atomic E-state index is 13.0. The lowest BCUT2D eigenvalue weighted by molar-refractivity contribution is -0.133.